The van der Waals surface area contributed by atoms with Crippen LogP contribution in [-0.4, -0.2) is 49.6 Å². The van der Waals surface area contributed by atoms with Gasteiger partial charge in [0.05, 0.1) is 0 Å². The number of hydrogen-bond acceptors (Lipinski definition) is 5. The van der Waals surface area contributed by atoms with E-state index in [9.17, 15) is 18.0 Å². The lowest BCUT2D eigenvalue weighted by Crippen LogP contribution is -2.48. The first-order chi connectivity index (χ1) is 10.5. The van der Waals surface area contributed by atoms with Gasteiger partial charge in [-0.1, -0.05) is 12.1 Å². The number of hydrogen-bond donors (Lipinski definition) is 2. The largest absolute Gasteiger partial charge is 0.482 e. The summed E-state index contributed by atoms with van der Waals surface area (Å²) in [7, 11) is -3.49. The fourth-order valence-corrected chi connectivity index (χ4v) is 2.01. The highest BCUT2D eigenvalue weighted by Crippen LogP contribution is 2.15. The van der Waals surface area contributed by atoms with Crippen molar-refractivity contribution in [2.45, 2.75) is 25.0 Å². The van der Waals surface area contributed by atoms with E-state index in [2.05, 4.69) is 5.32 Å². The molecule has 1 amide bonds. The van der Waals surface area contributed by atoms with Gasteiger partial charge in [0, 0.05) is 12.8 Å². The average molecular weight is 343 g/mol. The van der Waals surface area contributed by atoms with Gasteiger partial charge >= 0.3 is 5.97 Å². The van der Waals surface area contributed by atoms with Crippen molar-refractivity contribution in [3.63, 3.8) is 0 Å². The zero-order valence-corrected chi connectivity index (χ0v) is 14.1. The molecule has 0 saturated carbocycles. The molecule has 2 N–H and O–H groups in total. The Hall–Kier alpha value is -2.09. The highest BCUT2D eigenvalue weighted by atomic mass is 32.2. The molecular weight excluding hydrogens is 322 g/mol. The van der Waals surface area contributed by atoms with Crippen LogP contribution in [0.3, 0.4) is 0 Å². The number of sulfone groups is 1. The SMILES string of the molecule is CC(C)(C(=O)NCCc1ccc(OCC(=O)O)cc1)S(C)(=O)=O. The minimum absolute atomic E-state index is 0.299. The number of ether oxygens (including phenoxy) is 1. The number of carbonyl (C=O) groups excluding carboxylic acids is 1. The zero-order chi connectivity index (χ0) is 17.7. The molecule has 1 rings (SSSR count). The van der Waals surface area contributed by atoms with Crippen LogP contribution in [-0.2, 0) is 25.8 Å². The molecule has 0 unspecified atom stereocenters. The van der Waals surface area contributed by atoms with Gasteiger partial charge in [-0.3, -0.25) is 4.79 Å². The first-order valence-electron chi connectivity index (χ1n) is 6.95. The lowest BCUT2D eigenvalue weighted by Gasteiger charge is -2.21. The molecule has 0 aliphatic heterocycles. The van der Waals surface area contributed by atoms with E-state index in [1.165, 1.54) is 13.8 Å². The quantitative estimate of drug-likeness (QED) is 0.716. The Bertz CT molecular complexity index is 664. The van der Waals surface area contributed by atoms with Gasteiger partial charge in [0.2, 0.25) is 5.91 Å². The third kappa shape index (κ3) is 5.55. The maximum Gasteiger partial charge on any atom is 0.341 e. The van der Waals surface area contributed by atoms with Crippen molar-refractivity contribution >= 4 is 21.7 Å². The number of nitrogens with one attached hydrogen (secondary N) is 1. The van der Waals surface area contributed by atoms with E-state index in [-0.39, 0.29) is 0 Å². The van der Waals surface area contributed by atoms with E-state index in [1.807, 2.05) is 0 Å². The van der Waals surface area contributed by atoms with Gasteiger partial charge in [-0.15, -0.1) is 0 Å². The third-order valence-electron chi connectivity index (χ3n) is 3.46. The molecule has 0 bridgehead atoms. The van der Waals surface area contributed by atoms with Gasteiger partial charge in [0.15, 0.2) is 16.4 Å². The molecule has 23 heavy (non-hydrogen) atoms. The van der Waals surface area contributed by atoms with Gasteiger partial charge < -0.3 is 15.2 Å². The lowest BCUT2D eigenvalue weighted by molar-refractivity contribution is -0.139. The molecule has 0 aromatic heterocycles. The maximum absolute atomic E-state index is 11.9. The van der Waals surface area contributed by atoms with E-state index < -0.39 is 33.1 Å². The first-order valence-corrected chi connectivity index (χ1v) is 8.84. The number of amides is 1. The summed E-state index contributed by atoms with van der Waals surface area (Å²) in [6, 6.07) is 6.79. The minimum Gasteiger partial charge on any atom is -0.482 e. The third-order valence-corrected chi connectivity index (χ3v) is 5.50. The van der Waals surface area contributed by atoms with Crippen LogP contribution in [0.15, 0.2) is 24.3 Å². The summed E-state index contributed by atoms with van der Waals surface area (Å²) >= 11 is 0. The van der Waals surface area contributed by atoms with Crippen molar-refractivity contribution in [3.05, 3.63) is 29.8 Å². The van der Waals surface area contributed by atoms with Crippen LogP contribution in [0, 0.1) is 0 Å². The molecule has 0 aliphatic rings. The zero-order valence-electron chi connectivity index (χ0n) is 13.3. The van der Waals surface area contributed by atoms with E-state index >= 15 is 0 Å². The Balaban J connectivity index is 2.50. The van der Waals surface area contributed by atoms with Crippen molar-refractivity contribution in [1.29, 1.82) is 0 Å². The van der Waals surface area contributed by atoms with Gasteiger partial charge in [0.1, 0.15) is 10.5 Å². The van der Waals surface area contributed by atoms with Crippen molar-refractivity contribution in [2.75, 3.05) is 19.4 Å². The average Bonchev–Trinajstić information content (AvgIpc) is 2.45. The van der Waals surface area contributed by atoms with Crippen LogP contribution in [0.5, 0.6) is 5.75 Å². The van der Waals surface area contributed by atoms with E-state index in [4.69, 9.17) is 9.84 Å². The minimum atomic E-state index is -3.49. The summed E-state index contributed by atoms with van der Waals surface area (Å²) in [6.45, 7) is 2.63. The molecule has 1 aromatic carbocycles. The van der Waals surface area contributed by atoms with E-state index in [0.717, 1.165) is 11.8 Å². The second kappa shape index (κ2) is 7.45. The molecule has 0 fully saturated rings. The molecule has 0 heterocycles. The fraction of sp³-hybridized carbons (Fsp3) is 0.467. The fourth-order valence-electron chi connectivity index (χ4n) is 1.60. The Morgan fingerprint density at radius 2 is 1.78 bits per heavy atom. The normalized spacial score (nSPS) is 11.8. The molecule has 128 valence electrons. The molecule has 0 spiro atoms. The van der Waals surface area contributed by atoms with Crippen molar-refractivity contribution in [2.24, 2.45) is 0 Å². The molecule has 8 heteroatoms. The molecule has 0 aliphatic carbocycles. The van der Waals surface area contributed by atoms with Crippen LogP contribution >= 0.6 is 0 Å². The van der Waals surface area contributed by atoms with Crippen LogP contribution in [0.2, 0.25) is 0 Å². The maximum atomic E-state index is 11.9. The van der Waals surface area contributed by atoms with Crippen LogP contribution < -0.4 is 10.1 Å². The number of carboxylic acids is 1. The summed E-state index contributed by atoms with van der Waals surface area (Å²) in [5, 5.41) is 11.1. The predicted octanol–water partition coefficient (Wildman–Crippen LogP) is 0.632. The second-order valence-corrected chi connectivity index (χ2v) is 8.18. The molecule has 7 nitrogen and oxygen atoms in total. The van der Waals surface area contributed by atoms with Crippen molar-refractivity contribution in [1.82, 2.24) is 5.32 Å². The molecule has 1 aromatic rings. The van der Waals surface area contributed by atoms with Gasteiger partial charge in [0.25, 0.3) is 0 Å². The van der Waals surface area contributed by atoms with Gasteiger partial charge in [-0.25, -0.2) is 13.2 Å². The van der Waals surface area contributed by atoms with Crippen LogP contribution in [0.25, 0.3) is 0 Å². The topological polar surface area (TPSA) is 110 Å². The monoisotopic (exact) mass is 343 g/mol. The number of carbonyl (C=O) groups is 2. The smallest absolute Gasteiger partial charge is 0.341 e. The Kier molecular flexibility index (Phi) is 6.14. The Morgan fingerprint density at radius 3 is 2.26 bits per heavy atom. The van der Waals surface area contributed by atoms with E-state index in [0.29, 0.717) is 18.7 Å². The summed E-state index contributed by atoms with van der Waals surface area (Å²) in [5.41, 5.74) is 0.908. The van der Waals surface area contributed by atoms with Crippen molar-refractivity contribution < 1.29 is 27.9 Å². The summed E-state index contributed by atoms with van der Waals surface area (Å²) < 4.78 is 26.7. The number of rotatable bonds is 8. The lowest BCUT2D eigenvalue weighted by atomic mass is 10.1. The van der Waals surface area contributed by atoms with Crippen molar-refractivity contribution in [3.8, 4) is 5.75 Å². The Labute approximate surface area is 135 Å². The summed E-state index contributed by atoms with van der Waals surface area (Å²) in [6.07, 6.45) is 1.55. The second-order valence-electron chi connectivity index (χ2n) is 5.61. The molecule has 0 atom stereocenters. The molecular formula is C15H21NO6S. The Morgan fingerprint density at radius 1 is 1.22 bits per heavy atom. The summed E-state index contributed by atoms with van der Waals surface area (Å²) in [5.74, 6) is -1.15. The molecule has 0 radical (unpaired) electrons. The van der Waals surface area contributed by atoms with Crippen LogP contribution in [0.1, 0.15) is 19.4 Å². The first kappa shape index (κ1) is 19.0. The highest BCUT2D eigenvalue weighted by Gasteiger charge is 2.38. The van der Waals surface area contributed by atoms with E-state index in [1.54, 1.807) is 24.3 Å². The summed E-state index contributed by atoms with van der Waals surface area (Å²) in [4.78, 5) is 22.3. The number of benzene rings is 1. The van der Waals surface area contributed by atoms with Crippen LogP contribution in [0.4, 0.5) is 0 Å². The molecule has 0 saturated heterocycles. The number of aliphatic carboxylic acids is 1. The number of carboxylic acid groups (broad SMARTS) is 1. The van der Waals surface area contributed by atoms with Gasteiger partial charge in [-0.05, 0) is 38.0 Å². The highest BCUT2D eigenvalue weighted by molar-refractivity contribution is 7.92. The van der Waals surface area contributed by atoms with Gasteiger partial charge in [-0.2, -0.15) is 0 Å². The predicted molar refractivity (Wildman–Crippen MR) is 85.2 cm³/mol. The standard InChI is InChI=1S/C15H21NO6S/c1-15(2,23(3,20)21)14(19)16-9-8-11-4-6-12(7-5-11)22-10-13(17)18/h4-7H,8-10H2,1-3H3,(H,16,19)(H,17,18).